The van der Waals surface area contributed by atoms with E-state index < -0.39 is 15.7 Å². The number of hydrogen-bond acceptors (Lipinski definition) is 6. The molecule has 204 valence electrons. The van der Waals surface area contributed by atoms with E-state index in [1.807, 2.05) is 12.1 Å². The van der Waals surface area contributed by atoms with Crippen LogP contribution in [0.5, 0.6) is 11.5 Å². The summed E-state index contributed by atoms with van der Waals surface area (Å²) in [6, 6.07) is 8.27. The van der Waals surface area contributed by atoms with Crippen LogP contribution in [0.1, 0.15) is 118 Å². The Morgan fingerprint density at radius 3 is 1.16 bits per heavy atom. The maximum atomic E-state index is 10.9. The van der Waals surface area contributed by atoms with Crippen molar-refractivity contribution < 1.29 is 63.0 Å². The summed E-state index contributed by atoms with van der Waals surface area (Å²) in [6.45, 7) is 26.3. The minimum Gasteiger partial charge on any atom is -1.00 e. The zero-order valence-electron chi connectivity index (χ0n) is 27.1. The number of nitrogens with zero attached hydrogens (tertiary/aromatic N) is 4. The van der Waals surface area contributed by atoms with E-state index in [2.05, 4.69) is 114 Å². The first kappa shape index (κ1) is 35.4. The molecule has 38 heavy (non-hydrogen) atoms. The average Bonchev–Trinajstić information content (AvgIpc) is 2.71. The molecule has 0 aromatic heterocycles. The fourth-order valence-corrected chi connectivity index (χ4v) is 4.45. The van der Waals surface area contributed by atoms with Crippen LogP contribution < -0.4 is 51.4 Å². The Bertz CT molecular complexity index is 1080. The maximum Gasteiger partial charge on any atom is 1.00 e. The normalized spacial score (nSPS) is 13.3. The molecule has 0 radical (unpaired) electrons. The average molecular weight is 563 g/mol. The Morgan fingerprint density at radius 2 is 0.895 bits per heavy atom. The van der Waals surface area contributed by atoms with Crippen molar-refractivity contribution >= 4 is 15.7 Å². The van der Waals surface area contributed by atoms with E-state index in [1.54, 1.807) is 0 Å². The molecule has 0 aliphatic rings. The van der Waals surface area contributed by atoms with Crippen molar-refractivity contribution in [3.8, 4) is 11.5 Å². The molecule has 0 saturated carbocycles. The van der Waals surface area contributed by atoms with E-state index in [1.165, 1.54) is 11.1 Å². The molecule has 8 heteroatoms. The van der Waals surface area contributed by atoms with E-state index in [-0.39, 0.29) is 74.5 Å². The number of benzene rings is 2. The van der Waals surface area contributed by atoms with Crippen LogP contribution in [0, 0.1) is 0 Å². The molecule has 0 fully saturated rings. The second-order valence-corrected chi connectivity index (χ2v) is 14.9. The number of aromatic hydroxyl groups is 2. The molecule has 0 amide bonds. The number of rotatable bonds is 6. The zero-order chi connectivity index (χ0) is 28.4. The first-order valence-electron chi connectivity index (χ1n) is 13.1. The van der Waals surface area contributed by atoms with Crippen molar-refractivity contribution in [2.45, 2.75) is 118 Å². The molecule has 2 N–H and O–H groups in total. The van der Waals surface area contributed by atoms with Gasteiger partial charge in [-0.3, -0.25) is 8.20 Å². The third kappa shape index (κ3) is 9.80. The molecule has 0 bridgehead atoms. The molecular formula is C30H48AlKN4O2. The van der Waals surface area contributed by atoms with Crippen LogP contribution in [-0.2, 0) is 34.7 Å². The summed E-state index contributed by atoms with van der Waals surface area (Å²) in [5.41, 5.74) is 5.33. The van der Waals surface area contributed by atoms with Gasteiger partial charge in [0.25, 0.3) is 0 Å². The van der Waals surface area contributed by atoms with Crippen LogP contribution in [0.4, 0.5) is 0 Å². The van der Waals surface area contributed by atoms with Gasteiger partial charge in [0.1, 0.15) is 11.5 Å². The van der Waals surface area contributed by atoms with Gasteiger partial charge in [-0.05, 0) is 56.0 Å². The van der Waals surface area contributed by atoms with Gasteiger partial charge in [-0.2, -0.15) is 0 Å². The van der Waals surface area contributed by atoms with Crippen LogP contribution in [-0.4, -0.2) is 25.9 Å². The van der Waals surface area contributed by atoms with Crippen molar-refractivity contribution in [2.75, 3.05) is 0 Å². The van der Waals surface area contributed by atoms with Crippen LogP contribution >= 0.6 is 0 Å². The number of phenols is 2. The van der Waals surface area contributed by atoms with E-state index in [4.69, 9.17) is 0 Å². The molecule has 0 atom stereocenters. The molecule has 2 rings (SSSR count). The van der Waals surface area contributed by atoms with Crippen molar-refractivity contribution in [2.24, 2.45) is 18.4 Å². The Labute approximate surface area is 281 Å². The van der Waals surface area contributed by atoms with Crippen molar-refractivity contribution in [1.29, 1.82) is 0 Å². The Balaban J connectivity index is 0.00000722. The largest absolute Gasteiger partial charge is 1.00 e. The Morgan fingerprint density at radius 1 is 0.579 bits per heavy atom. The van der Waals surface area contributed by atoms with Gasteiger partial charge < -0.3 is 11.6 Å². The summed E-state index contributed by atoms with van der Waals surface area (Å²) >= 11 is -1.24. The second kappa shape index (κ2) is 13.4. The van der Waals surface area contributed by atoms with Crippen LogP contribution in [0.15, 0.2) is 42.7 Å². The minimum atomic E-state index is -1.24. The molecular weight excluding hydrogens is 514 g/mol. The first-order chi connectivity index (χ1) is 16.7. The summed E-state index contributed by atoms with van der Waals surface area (Å²) in [4.78, 5) is 0. The predicted molar refractivity (Wildman–Crippen MR) is 156 cm³/mol. The molecule has 6 nitrogen and oxygen atoms in total. The van der Waals surface area contributed by atoms with Crippen LogP contribution in [0.25, 0.3) is 0 Å². The first-order valence-corrected chi connectivity index (χ1v) is 14.4. The van der Waals surface area contributed by atoms with Crippen LogP contribution in [0.2, 0.25) is 0 Å². The van der Waals surface area contributed by atoms with Gasteiger partial charge in [-0.25, -0.2) is 10.2 Å². The van der Waals surface area contributed by atoms with Gasteiger partial charge in [0.05, 0.1) is 13.1 Å². The molecule has 0 spiro atoms. The minimum absolute atomic E-state index is 0. The summed E-state index contributed by atoms with van der Waals surface area (Å²) in [7, 11) is 0. The summed E-state index contributed by atoms with van der Waals surface area (Å²) in [5, 5.41) is 30.5. The summed E-state index contributed by atoms with van der Waals surface area (Å²) in [5.74, 6) is 0.596. The Hall–Kier alpha value is -0.591. The predicted octanol–water partition coefficient (Wildman–Crippen LogP) is 5.28. The monoisotopic (exact) mass is 562 g/mol. The number of hydrogen-bond donors (Lipinski definition) is 2. The van der Waals surface area contributed by atoms with Gasteiger partial charge in [0.15, 0.2) is 0 Å². The fourth-order valence-electron chi connectivity index (χ4n) is 4.01. The van der Waals surface area contributed by atoms with Gasteiger partial charge in [0.2, 0.25) is 0 Å². The number of phenolic OH excluding ortho intramolecular Hbond substituents is 2. The van der Waals surface area contributed by atoms with E-state index >= 15 is 0 Å². The van der Waals surface area contributed by atoms with E-state index in [0.29, 0.717) is 24.6 Å². The van der Waals surface area contributed by atoms with E-state index in [9.17, 15) is 10.2 Å². The smallest absolute Gasteiger partial charge is 1.00 e. The molecule has 0 saturated heterocycles. The van der Waals surface area contributed by atoms with Gasteiger partial charge in [-0.1, -0.05) is 95.2 Å². The molecule has 0 aliphatic carbocycles. The maximum absolute atomic E-state index is 10.9. The fraction of sp³-hybridized carbons (Fsp3) is 0.600. The zero-order valence-corrected chi connectivity index (χ0v) is 30.7. The van der Waals surface area contributed by atoms with Crippen LogP contribution in [0.3, 0.4) is 0 Å². The van der Waals surface area contributed by atoms with Gasteiger partial charge in [0, 0.05) is 11.1 Å². The second-order valence-electron chi connectivity index (χ2n) is 14.1. The summed E-state index contributed by atoms with van der Waals surface area (Å²) in [6.07, 6.45) is 0. The standard InChI is InChI=1S/2C15H23N2O.Al.K.2H/c2*1-14(2,3)11-7-10(9-17-16)13(18)12(8-11)15(4,5)6;;;;/h2*7-8,18H,9H2,1-6H3;;;;/q2*-1;+2;+1;;-1. The van der Waals surface area contributed by atoms with Gasteiger partial charge in [-0.15, -0.1) is 0 Å². The molecule has 2 aromatic carbocycles. The van der Waals surface area contributed by atoms with Gasteiger partial charge >= 0.3 is 67.0 Å². The van der Waals surface area contributed by atoms with Crippen molar-refractivity contribution in [3.63, 3.8) is 0 Å². The SMILES string of the molecule is CC(C)(C)c1cc(CN=[N][AlH][N]=NCc2cc(C(C)(C)C)cc(C(C)(C)C)c2O)c(O)c(C(C)(C)C)c1.[H-].[K+]. The molecule has 0 aliphatic heterocycles. The Kier molecular flexibility index (Phi) is 12.5. The molecule has 0 unspecified atom stereocenters. The third-order valence-electron chi connectivity index (χ3n) is 6.53. The summed E-state index contributed by atoms with van der Waals surface area (Å²) < 4.78 is 8.58. The quantitative estimate of drug-likeness (QED) is 0.371. The van der Waals surface area contributed by atoms with Crippen molar-refractivity contribution in [3.05, 3.63) is 57.6 Å². The topological polar surface area (TPSA) is 89.9 Å². The third-order valence-corrected chi connectivity index (χ3v) is 7.19. The van der Waals surface area contributed by atoms with Crippen molar-refractivity contribution in [1.82, 2.24) is 0 Å². The molecule has 2 aromatic rings. The molecule has 0 heterocycles. The van der Waals surface area contributed by atoms with E-state index in [0.717, 1.165) is 22.3 Å².